The molecule has 0 radical (unpaired) electrons. The zero-order valence-corrected chi connectivity index (χ0v) is 10.5. The summed E-state index contributed by atoms with van der Waals surface area (Å²) < 4.78 is 0. The van der Waals surface area contributed by atoms with Crippen LogP contribution in [0.3, 0.4) is 0 Å². The number of aliphatic hydroxyl groups is 1. The first-order valence-corrected chi connectivity index (χ1v) is 6.11. The lowest BCUT2D eigenvalue weighted by atomic mass is 9.99. The van der Waals surface area contributed by atoms with E-state index in [1.807, 2.05) is 30.3 Å². The van der Waals surface area contributed by atoms with Gasteiger partial charge in [0, 0.05) is 5.02 Å². The van der Waals surface area contributed by atoms with Crippen LogP contribution in [0.25, 0.3) is 0 Å². The molecule has 88 valence electrons. The first-order valence-electron chi connectivity index (χ1n) is 5.73. The Morgan fingerprint density at radius 2 is 1.76 bits per heavy atom. The molecule has 0 saturated carbocycles. The molecule has 0 heterocycles. The van der Waals surface area contributed by atoms with E-state index in [1.54, 1.807) is 12.1 Å². The highest BCUT2D eigenvalue weighted by Crippen LogP contribution is 2.24. The Bertz CT molecular complexity index is 491. The van der Waals surface area contributed by atoms with Gasteiger partial charge in [0.15, 0.2) is 0 Å². The molecule has 0 fully saturated rings. The Morgan fingerprint density at radius 3 is 2.41 bits per heavy atom. The predicted octanol–water partition coefficient (Wildman–Crippen LogP) is 3.98. The normalized spacial score (nSPS) is 12.4. The highest BCUT2D eigenvalue weighted by atomic mass is 35.5. The van der Waals surface area contributed by atoms with Crippen molar-refractivity contribution in [2.24, 2.45) is 0 Å². The molecule has 1 unspecified atom stereocenters. The fraction of sp³-hybridized carbons (Fsp3) is 0.200. The van der Waals surface area contributed by atoms with Crippen LogP contribution >= 0.6 is 11.6 Å². The average molecular weight is 247 g/mol. The van der Waals surface area contributed by atoms with E-state index in [0.29, 0.717) is 5.02 Å². The summed E-state index contributed by atoms with van der Waals surface area (Å²) in [6.45, 7) is 2.10. The number of aryl methyl sites for hydroxylation is 1. The van der Waals surface area contributed by atoms with Gasteiger partial charge in [-0.1, -0.05) is 54.9 Å². The Balaban J connectivity index is 2.29. The molecule has 1 nitrogen and oxygen atoms in total. The molecule has 0 aliphatic carbocycles. The summed E-state index contributed by atoms with van der Waals surface area (Å²) in [5, 5.41) is 10.9. The summed E-state index contributed by atoms with van der Waals surface area (Å²) in [6.07, 6.45) is 0.389. The van der Waals surface area contributed by atoms with Crippen molar-refractivity contribution in [2.45, 2.75) is 19.4 Å². The van der Waals surface area contributed by atoms with Crippen LogP contribution in [0.15, 0.2) is 48.5 Å². The smallest absolute Gasteiger partial charge is 0.104 e. The van der Waals surface area contributed by atoms with E-state index < -0.39 is 6.10 Å². The summed E-state index contributed by atoms with van der Waals surface area (Å²) in [5.74, 6) is 0. The minimum absolute atomic E-state index is 0.584. The summed E-state index contributed by atoms with van der Waals surface area (Å²) in [6, 6.07) is 15.3. The van der Waals surface area contributed by atoms with Gasteiger partial charge in [0.05, 0.1) is 0 Å². The summed E-state index contributed by atoms with van der Waals surface area (Å²) in [5.41, 5.74) is 3.02. The van der Waals surface area contributed by atoms with Crippen LogP contribution in [0.4, 0.5) is 0 Å². The second kappa shape index (κ2) is 5.35. The molecule has 0 saturated heterocycles. The fourth-order valence-electron chi connectivity index (χ4n) is 1.82. The number of aliphatic hydroxyl groups excluding tert-OH is 1. The van der Waals surface area contributed by atoms with Crippen molar-refractivity contribution in [3.05, 3.63) is 70.2 Å². The van der Waals surface area contributed by atoms with Gasteiger partial charge in [0.2, 0.25) is 0 Å². The zero-order chi connectivity index (χ0) is 12.3. The first-order chi connectivity index (χ1) is 8.20. The van der Waals surface area contributed by atoms with E-state index >= 15 is 0 Å². The molecule has 1 atom stereocenters. The third kappa shape index (κ3) is 2.87. The lowest BCUT2D eigenvalue weighted by Crippen LogP contribution is -2.00. The molecule has 1 N–H and O–H groups in total. The Morgan fingerprint density at radius 1 is 1.06 bits per heavy atom. The number of benzene rings is 2. The van der Waals surface area contributed by atoms with Crippen molar-refractivity contribution in [3.63, 3.8) is 0 Å². The average Bonchev–Trinajstić information content (AvgIpc) is 2.39. The molecule has 0 aromatic heterocycles. The molecule has 0 aliphatic rings. The molecule has 2 rings (SSSR count). The predicted molar refractivity (Wildman–Crippen MR) is 71.3 cm³/mol. The molecule has 0 spiro atoms. The van der Waals surface area contributed by atoms with Crippen molar-refractivity contribution < 1.29 is 5.11 Å². The van der Waals surface area contributed by atoms with Gasteiger partial charge in [-0.05, 0) is 35.2 Å². The van der Waals surface area contributed by atoms with Crippen LogP contribution in [-0.2, 0) is 6.42 Å². The molecule has 17 heavy (non-hydrogen) atoms. The molecular formula is C15H15ClO. The third-order valence-electron chi connectivity index (χ3n) is 2.86. The molecule has 0 amide bonds. The first kappa shape index (κ1) is 12.2. The van der Waals surface area contributed by atoms with Crippen LogP contribution in [0.5, 0.6) is 0 Å². The summed E-state index contributed by atoms with van der Waals surface area (Å²) in [7, 11) is 0. The van der Waals surface area contributed by atoms with Crippen molar-refractivity contribution >= 4 is 11.6 Å². The van der Waals surface area contributed by atoms with E-state index in [9.17, 15) is 5.11 Å². The number of rotatable bonds is 3. The molecule has 0 aliphatic heterocycles. The number of hydrogen-bond donors (Lipinski definition) is 1. The van der Waals surface area contributed by atoms with Crippen LogP contribution < -0.4 is 0 Å². The van der Waals surface area contributed by atoms with Crippen LogP contribution in [-0.4, -0.2) is 5.11 Å². The van der Waals surface area contributed by atoms with Gasteiger partial charge in [0.25, 0.3) is 0 Å². The van der Waals surface area contributed by atoms with E-state index in [0.717, 1.165) is 17.5 Å². The lowest BCUT2D eigenvalue weighted by molar-refractivity contribution is 0.220. The Labute approximate surface area is 107 Å². The largest absolute Gasteiger partial charge is 0.384 e. The minimum atomic E-state index is -0.584. The summed E-state index contributed by atoms with van der Waals surface area (Å²) >= 11 is 5.83. The minimum Gasteiger partial charge on any atom is -0.384 e. The lowest BCUT2D eigenvalue weighted by Gasteiger charge is -2.12. The fourth-order valence-corrected chi connectivity index (χ4v) is 1.95. The standard InChI is InChI=1S/C15H15ClO/c1-2-11-4-3-5-13(10-11)15(17)12-6-8-14(16)9-7-12/h3-10,15,17H,2H2,1H3. The van der Waals surface area contributed by atoms with Gasteiger partial charge in [-0.3, -0.25) is 0 Å². The molecule has 2 aromatic rings. The van der Waals surface area contributed by atoms with Crippen LogP contribution in [0, 0.1) is 0 Å². The van der Waals surface area contributed by atoms with Crippen LogP contribution in [0.2, 0.25) is 5.02 Å². The van der Waals surface area contributed by atoms with Crippen LogP contribution in [0.1, 0.15) is 29.7 Å². The van der Waals surface area contributed by atoms with Gasteiger partial charge in [-0.15, -0.1) is 0 Å². The van der Waals surface area contributed by atoms with Gasteiger partial charge in [-0.2, -0.15) is 0 Å². The Kier molecular flexibility index (Phi) is 3.82. The maximum atomic E-state index is 10.3. The number of hydrogen-bond acceptors (Lipinski definition) is 1. The topological polar surface area (TPSA) is 20.2 Å². The van der Waals surface area contributed by atoms with Crippen molar-refractivity contribution in [3.8, 4) is 0 Å². The second-order valence-electron chi connectivity index (χ2n) is 4.05. The van der Waals surface area contributed by atoms with E-state index in [-0.39, 0.29) is 0 Å². The SMILES string of the molecule is CCc1cccc(C(O)c2ccc(Cl)cc2)c1. The maximum absolute atomic E-state index is 10.3. The number of halogens is 1. The quantitative estimate of drug-likeness (QED) is 0.869. The summed E-state index contributed by atoms with van der Waals surface area (Å²) in [4.78, 5) is 0. The molecule has 2 aromatic carbocycles. The van der Waals surface area contributed by atoms with Crippen molar-refractivity contribution in [2.75, 3.05) is 0 Å². The monoisotopic (exact) mass is 246 g/mol. The third-order valence-corrected chi connectivity index (χ3v) is 3.11. The Hall–Kier alpha value is -1.31. The highest BCUT2D eigenvalue weighted by molar-refractivity contribution is 6.30. The zero-order valence-electron chi connectivity index (χ0n) is 9.73. The highest BCUT2D eigenvalue weighted by Gasteiger charge is 2.10. The van der Waals surface area contributed by atoms with E-state index in [1.165, 1.54) is 5.56 Å². The van der Waals surface area contributed by atoms with Gasteiger partial charge in [-0.25, -0.2) is 0 Å². The molecule has 0 bridgehead atoms. The molecule has 2 heteroatoms. The van der Waals surface area contributed by atoms with Gasteiger partial charge >= 0.3 is 0 Å². The second-order valence-corrected chi connectivity index (χ2v) is 4.49. The van der Waals surface area contributed by atoms with Crippen molar-refractivity contribution in [1.82, 2.24) is 0 Å². The van der Waals surface area contributed by atoms with E-state index in [4.69, 9.17) is 11.6 Å². The van der Waals surface area contributed by atoms with Gasteiger partial charge < -0.3 is 5.11 Å². The molecular weight excluding hydrogens is 232 g/mol. The van der Waals surface area contributed by atoms with Crippen molar-refractivity contribution in [1.29, 1.82) is 0 Å². The van der Waals surface area contributed by atoms with E-state index in [2.05, 4.69) is 13.0 Å². The maximum Gasteiger partial charge on any atom is 0.104 e. The van der Waals surface area contributed by atoms with Gasteiger partial charge in [0.1, 0.15) is 6.10 Å².